The molecule has 1 aliphatic heterocycles. The fraction of sp³-hybridized carbons (Fsp3) is 0.600. The molecule has 6 heteroatoms. The summed E-state index contributed by atoms with van der Waals surface area (Å²) in [5.41, 5.74) is 2.02. The van der Waals surface area contributed by atoms with Gasteiger partial charge in [0.1, 0.15) is 5.76 Å². The predicted molar refractivity (Wildman–Crippen MR) is 78.0 cm³/mol. The smallest absolute Gasteiger partial charge is 0.300 e. The SMILES string of the molecule is CCCC1CCC(=O)N(Cc2ccc(C(=O)NN)o2)CC1. The summed E-state index contributed by atoms with van der Waals surface area (Å²) in [6.07, 6.45) is 4.96. The molecule has 1 aromatic rings. The quantitative estimate of drug-likeness (QED) is 0.492. The zero-order valence-corrected chi connectivity index (χ0v) is 12.4. The molecular formula is C15H23N3O3. The molecule has 1 unspecified atom stereocenters. The molecule has 21 heavy (non-hydrogen) atoms. The Hall–Kier alpha value is -1.82. The van der Waals surface area contributed by atoms with Crippen LogP contribution in [0.3, 0.4) is 0 Å². The number of likely N-dealkylation sites (tertiary alicyclic amines) is 1. The molecule has 0 aromatic carbocycles. The van der Waals surface area contributed by atoms with E-state index in [1.165, 1.54) is 6.42 Å². The Balaban J connectivity index is 1.96. The van der Waals surface area contributed by atoms with Crippen LogP contribution in [0.15, 0.2) is 16.5 Å². The van der Waals surface area contributed by atoms with Gasteiger partial charge in [0.15, 0.2) is 5.76 Å². The van der Waals surface area contributed by atoms with Gasteiger partial charge in [-0.1, -0.05) is 19.8 Å². The maximum absolute atomic E-state index is 12.2. The van der Waals surface area contributed by atoms with Gasteiger partial charge in [0, 0.05) is 13.0 Å². The molecule has 1 saturated heterocycles. The summed E-state index contributed by atoms with van der Waals surface area (Å²) < 4.78 is 5.42. The van der Waals surface area contributed by atoms with Gasteiger partial charge in [-0.05, 0) is 30.9 Å². The van der Waals surface area contributed by atoms with Crippen molar-refractivity contribution < 1.29 is 14.0 Å². The molecule has 6 nitrogen and oxygen atoms in total. The van der Waals surface area contributed by atoms with Crippen LogP contribution >= 0.6 is 0 Å². The predicted octanol–water partition coefficient (Wildman–Crippen LogP) is 1.81. The maximum Gasteiger partial charge on any atom is 0.300 e. The number of nitrogens with zero attached hydrogens (tertiary/aromatic N) is 1. The highest BCUT2D eigenvalue weighted by atomic mass is 16.4. The lowest BCUT2D eigenvalue weighted by Gasteiger charge is -2.19. The number of amides is 2. The Kier molecular flexibility index (Phi) is 5.38. The molecule has 1 aliphatic rings. The van der Waals surface area contributed by atoms with Crippen LogP contribution in [0.5, 0.6) is 0 Å². The fourth-order valence-electron chi connectivity index (χ4n) is 2.80. The highest BCUT2D eigenvalue weighted by Crippen LogP contribution is 2.24. The van der Waals surface area contributed by atoms with E-state index in [-0.39, 0.29) is 11.7 Å². The van der Waals surface area contributed by atoms with Crippen LogP contribution in [-0.2, 0) is 11.3 Å². The van der Waals surface area contributed by atoms with E-state index in [0.29, 0.717) is 24.6 Å². The van der Waals surface area contributed by atoms with Crippen molar-refractivity contribution in [3.8, 4) is 0 Å². The van der Waals surface area contributed by atoms with Gasteiger partial charge in [-0.2, -0.15) is 0 Å². The molecule has 2 heterocycles. The van der Waals surface area contributed by atoms with Crippen LogP contribution in [0.2, 0.25) is 0 Å². The summed E-state index contributed by atoms with van der Waals surface area (Å²) in [7, 11) is 0. The summed E-state index contributed by atoms with van der Waals surface area (Å²) in [5, 5.41) is 0. The zero-order chi connectivity index (χ0) is 15.2. The van der Waals surface area contributed by atoms with Crippen molar-refractivity contribution in [3.05, 3.63) is 23.7 Å². The van der Waals surface area contributed by atoms with Gasteiger partial charge < -0.3 is 9.32 Å². The number of carbonyl (C=O) groups is 2. The molecule has 1 atom stereocenters. The second kappa shape index (κ2) is 7.26. The number of furan rings is 1. The Morgan fingerprint density at radius 3 is 3.00 bits per heavy atom. The van der Waals surface area contributed by atoms with Gasteiger partial charge in [-0.3, -0.25) is 15.0 Å². The monoisotopic (exact) mass is 293 g/mol. The second-order valence-electron chi connectivity index (χ2n) is 5.54. The molecule has 0 bridgehead atoms. The molecular weight excluding hydrogens is 270 g/mol. The highest BCUT2D eigenvalue weighted by Gasteiger charge is 2.23. The zero-order valence-electron chi connectivity index (χ0n) is 12.4. The van der Waals surface area contributed by atoms with Crippen LogP contribution in [0, 0.1) is 5.92 Å². The number of nitrogen functional groups attached to an aromatic ring is 1. The molecule has 0 aliphatic carbocycles. The molecule has 0 spiro atoms. The molecule has 2 rings (SSSR count). The number of hydrogen-bond acceptors (Lipinski definition) is 4. The van der Waals surface area contributed by atoms with E-state index in [1.54, 1.807) is 12.1 Å². The van der Waals surface area contributed by atoms with Crippen molar-refractivity contribution in [2.45, 2.75) is 45.6 Å². The largest absolute Gasteiger partial charge is 0.454 e. The topological polar surface area (TPSA) is 88.6 Å². The van der Waals surface area contributed by atoms with E-state index < -0.39 is 5.91 Å². The van der Waals surface area contributed by atoms with E-state index in [0.717, 1.165) is 25.8 Å². The Labute approximate surface area is 124 Å². The molecule has 1 aromatic heterocycles. The van der Waals surface area contributed by atoms with Gasteiger partial charge in [0.05, 0.1) is 6.54 Å². The van der Waals surface area contributed by atoms with Crippen LogP contribution in [-0.4, -0.2) is 23.3 Å². The minimum Gasteiger partial charge on any atom is -0.454 e. The number of carbonyl (C=O) groups excluding carboxylic acids is 2. The number of hydrazine groups is 1. The lowest BCUT2D eigenvalue weighted by molar-refractivity contribution is -0.131. The number of nitrogens with two attached hydrogens (primary N) is 1. The van der Waals surface area contributed by atoms with E-state index in [2.05, 4.69) is 6.92 Å². The van der Waals surface area contributed by atoms with Gasteiger partial charge in [-0.15, -0.1) is 0 Å². The Morgan fingerprint density at radius 1 is 1.48 bits per heavy atom. The minimum atomic E-state index is -0.466. The Morgan fingerprint density at radius 2 is 2.29 bits per heavy atom. The summed E-state index contributed by atoms with van der Waals surface area (Å²) in [5.74, 6) is 6.17. The minimum absolute atomic E-state index is 0.162. The summed E-state index contributed by atoms with van der Waals surface area (Å²) in [6, 6.07) is 3.28. The van der Waals surface area contributed by atoms with Crippen LogP contribution in [0.4, 0.5) is 0 Å². The maximum atomic E-state index is 12.2. The van der Waals surface area contributed by atoms with Crippen molar-refractivity contribution in [1.29, 1.82) is 0 Å². The van der Waals surface area contributed by atoms with Crippen LogP contribution < -0.4 is 11.3 Å². The van der Waals surface area contributed by atoms with Crippen LogP contribution in [0.1, 0.15) is 55.3 Å². The lowest BCUT2D eigenvalue weighted by Crippen LogP contribution is -2.30. The van der Waals surface area contributed by atoms with Gasteiger partial charge >= 0.3 is 5.91 Å². The summed E-state index contributed by atoms with van der Waals surface area (Å²) in [6.45, 7) is 3.34. The van der Waals surface area contributed by atoms with Crippen molar-refractivity contribution >= 4 is 11.8 Å². The van der Waals surface area contributed by atoms with Gasteiger partial charge in [0.25, 0.3) is 0 Å². The van der Waals surface area contributed by atoms with E-state index in [9.17, 15) is 9.59 Å². The average molecular weight is 293 g/mol. The second-order valence-corrected chi connectivity index (χ2v) is 5.54. The fourth-order valence-corrected chi connectivity index (χ4v) is 2.80. The highest BCUT2D eigenvalue weighted by molar-refractivity contribution is 5.90. The summed E-state index contributed by atoms with van der Waals surface area (Å²) >= 11 is 0. The lowest BCUT2D eigenvalue weighted by atomic mass is 9.96. The first-order valence-corrected chi connectivity index (χ1v) is 7.51. The first-order valence-electron chi connectivity index (χ1n) is 7.51. The van der Waals surface area contributed by atoms with Crippen molar-refractivity contribution in [2.75, 3.05) is 6.54 Å². The third-order valence-corrected chi connectivity index (χ3v) is 3.99. The van der Waals surface area contributed by atoms with Gasteiger partial charge in [0.2, 0.25) is 5.91 Å². The van der Waals surface area contributed by atoms with Crippen molar-refractivity contribution in [2.24, 2.45) is 11.8 Å². The number of nitrogens with one attached hydrogen (secondary N) is 1. The van der Waals surface area contributed by atoms with E-state index >= 15 is 0 Å². The standard InChI is InChI=1S/C15H23N3O3/c1-2-3-11-4-7-14(19)18(9-8-11)10-12-5-6-13(21-12)15(20)17-16/h5-6,11H,2-4,7-10,16H2,1H3,(H,17,20). The Bertz CT molecular complexity index is 498. The van der Waals surface area contributed by atoms with Crippen LogP contribution in [0.25, 0.3) is 0 Å². The average Bonchev–Trinajstić information content (AvgIpc) is 2.88. The molecule has 1 fully saturated rings. The molecule has 116 valence electrons. The molecule has 3 N–H and O–H groups in total. The van der Waals surface area contributed by atoms with Gasteiger partial charge in [-0.25, -0.2) is 5.84 Å². The van der Waals surface area contributed by atoms with Crippen molar-refractivity contribution in [1.82, 2.24) is 10.3 Å². The molecule has 0 saturated carbocycles. The number of rotatable bonds is 5. The summed E-state index contributed by atoms with van der Waals surface area (Å²) in [4.78, 5) is 25.3. The third kappa shape index (κ3) is 4.07. The molecule has 0 radical (unpaired) electrons. The first-order chi connectivity index (χ1) is 10.1. The van der Waals surface area contributed by atoms with Crippen molar-refractivity contribution in [3.63, 3.8) is 0 Å². The number of hydrogen-bond donors (Lipinski definition) is 2. The van der Waals surface area contributed by atoms with E-state index in [1.807, 2.05) is 10.3 Å². The molecule has 2 amide bonds. The normalized spacial score (nSPS) is 19.4. The van der Waals surface area contributed by atoms with E-state index in [4.69, 9.17) is 10.3 Å². The first kappa shape index (κ1) is 15.6. The third-order valence-electron chi connectivity index (χ3n) is 3.99.